The molecular formula is C17H30IN5OS. The highest BCUT2D eigenvalue weighted by molar-refractivity contribution is 14.0. The second kappa shape index (κ2) is 11.7. The van der Waals surface area contributed by atoms with Crippen molar-refractivity contribution in [1.29, 1.82) is 0 Å². The van der Waals surface area contributed by atoms with Gasteiger partial charge >= 0.3 is 0 Å². The fourth-order valence-corrected chi connectivity index (χ4v) is 3.61. The monoisotopic (exact) mass is 479 g/mol. The normalized spacial score (nSPS) is 17.5. The highest BCUT2D eigenvalue weighted by atomic mass is 127. The van der Waals surface area contributed by atoms with E-state index in [9.17, 15) is 4.79 Å². The number of thiophene rings is 1. The third-order valence-corrected chi connectivity index (χ3v) is 5.51. The Morgan fingerprint density at radius 2 is 2.16 bits per heavy atom. The first-order valence-corrected chi connectivity index (χ1v) is 9.44. The summed E-state index contributed by atoms with van der Waals surface area (Å²) in [6, 6.07) is 4.68. The third-order valence-electron chi connectivity index (χ3n) is 4.40. The smallest absolute Gasteiger partial charge is 0.233 e. The average Bonchev–Trinajstić information content (AvgIpc) is 3.14. The first kappa shape index (κ1) is 22.2. The van der Waals surface area contributed by atoms with Crippen LogP contribution < -0.4 is 16.0 Å². The van der Waals surface area contributed by atoms with Crippen molar-refractivity contribution in [2.75, 3.05) is 40.3 Å². The molecule has 1 atom stereocenters. The predicted octanol–water partition coefficient (Wildman–Crippen LogP) is 1.84. The number of hydrogen-bond donors (Lipinski definition) is 3. The van der Waals surface area contributed by atoms with Crippen LogP contribution in [0.3, 0.4) is 0 Å². The molecule has 8 heteroatoms. The van der Waals surface area contributed by atoms with Crippen LogP contribution in [0.5, 0.6) is 0 Å². The van der Waals surface area contributed by atoms with Crippen molar-refractivity contribution in [2.24, 2.45) is 4.99 Å². The molecule has 0 aromatic carbocycles. The fraction of sp³-hybridized carbons (Fsp3) is 0.647. The number of aliphatic imine (C=N–C) groups is 1. The molecule has 0 saturated carbocycles. The Balaban J connectivity index is 0.00000312. The lowest BCUT2D eigenvalue weighted by Crippen LogP contribution is -2.50. The molecule has 1 aromatic heterocycles. The molecule has 0 bridgehead atoms. The zero-order chi connectivity index (χ0) is 17.4. The molecular weight excluding hydrogens is 449 g/mol. The number of likely N-dealkylation sites (tertiary alicyclic amines) is 1. The summed E-state index contributed by atoms with van der Waals surface area (Å²) in [6.07, 6.45) is 2.05. The molecule has 6 nitrogen and oxygen atoms in total. The Morgan fingerprint density at radius 3 is 2.72 bits per heavy atom. The number of likely N-dealkylation sites (N-methyl/N-ethyl adjacent to an activating group) is 1. The number of nitrogens with zero attached hydrogens (tertiary/aromatic N) is 2. The third kappa shape index (κ3) is 7.49. The SMILES string of the molecule is CN=C(NCC(C)c1cccs1)NC1CCN(CC(=O)NC)CC1.I. The lowest BCUT2D eigenvalue weighted by atomic mass is 10.1. The topological polar surface area (TPSA) is 68.8 Å². The van der Waals surface area contributed by atoms with Gasteiger partial charge in [-0.25, -0.2) is 0 Å². The van der Waals surface area contributed by atoms with Crippen LogP contribution >= 0.6 is 35.3 Å². The van der Waals surface area contributed by atoms with Gasteiger partial charge in [-0.15, -0.1) is 35.3 Å². The Morgan fingerprint density at radius 1 is 1.44 bits per heavy atom. The summed E-state index contributed by atoms with van der Waals surface area (Å²) in [5, 5.41) is 11.7. The molecule has 0 radical (unpaired) electrons. The van der Waals surface area contributed by atoms with Crippen LogP contribution in [0.15, 0.2) is 22.5 Å². The standard InChI is InChI=1S/C17H29N5OS.HI/c1-13(15-5-4-10-24-15)11-20-17(19-3)21-14-6-8-22(9-7-14)12-16(23)18-2;/h4-5,10,13-14H,6-9,11-12H2,1-3H3,(H,18,23)(H2,19,20,21);1H. The number of nitrogens with one attached hydrogen (secondary N) is 3. The maximum absolute atomic E-state index is 11.4. The summed E-state index contributed by atoms with van der Waals surface area (Å²) in [4.78, 5) is 19.4. The Hall–Kier alpha value is -0.870. The molecule has 3 N–H and O–H groups in total. The van der Waals surface area contributed by atoms with E-state index in [1.807, 2.05) is 7.05 Å². The van der Waals surface area contributed by atoms with E-state index in [4.69, 9.17) is 0 Å². The molecule has 1 saturated heterocycles. The van der Waals surface area contributed by atoms with E-state index in [0.29, 0.717) is 18.5 Å². The zero-order valence-corrected chi connectivity index (χ0v) is 18.4. The number of piperidine rings is 1. The number of halogens is 1. The lowest BCUT2D eigenvalue weighted by Gasteiger charge is -2.32. The van der Waals surface area contributed by atoms with Crippen LogP contribution in [0.25, 0.3) is 0 Å². The number of guanidine groups is 1. The van der Waals surface area contributed by atoms with E-state index in [0.717, 1.165) is 38.4 Å². The summed E-state index contributed by atoms with van der Waals surface area (Å²) < 4.78 is 0. The van der Waals surface area contributed by atoms with Crippen molar-refractivity contribution < 1.29 is 4.79 Å². The molecule has 1 aromatic rings. The summed E-state index contributed by atoms with van der Waals surface area (Å²) in [5.41, 5.74) is 0. The largest absolute Gasteiger partial charge is 0.358 e. The molecule has 1 unspecified atom stereocenters. The number of carbonyl (C=O) groups excluding carboxylic acids is 1. The molecule has 0 spiro atoms. The van der Waals surface area contributed by atoms with Crippen LogP contribution in [-0.2, 0) is 4.79 Å². The van der Waals surface area contributed by atoms with Gasteiger partial charge in [-0.3, -0.25) is 14.7 Å². The van der Waals surface area contributed by atoms with Gasteiger partial charge in [0.1, 0.15) is 0 Å². The van der Waals surface area contributed by atoms with E-state index in [2.05, 4.69) is 50.3 Å². The molecule has 2 heterocycles. The van der Waals surface area contributed by atoms with Gasteiger partial charge in [0.05, 0.1) is 6.54 Å². The minimum atomic E-state index is 0. The van der Waals surface area contributed by atoms with Crippen LogP contribution in [-0.4, -0.2) is 63.1 Å². The van der Waals surface area contributed by atoms with E-state index in [1.165, 1.54) is 4.88 Å². The van der Waals surface area contributed by atoms with Gasteiger partial charge in [0.2, 0.25) is 5.91 Å². The van der Waals surface area contributed by atoms with Gasteiger partial charge in [0.15, 0.2) is 5.96 Å². The quantitative estimate of drug-likeness (QED) is 0.331. The van der Waals surface area contributed by atoms with Gasteiger partial charge in [-0.05, 0) is 24.3 Å². The first-order valence-electron chi connectivity index (χ1n) is 8.56. The van der Waals surface area contributed by atoms with Crippen LogP contribution in [0, 0.1) is 0 Å². The highest BCUT2D eigenvalue weighted by Crippen LogP contribution is 2.19. The second-order valence-electron chi connectivity index (χ2n) is 6.24. The number of rotatable bonds is 6. The van der Waals surface area contributed by atoms with Crippen molar-refractivity contribution in [3.05, 3.63) is 22.4 Å². The van der Waals surface area contributed by atoms with Gasteiger partial charge in [-0.1, -0.05) is 13.0 Å². The maximum Gasteiger partial charge on any atom is 0.233 e. The van der Waals surface area contributed by atoms with Crippen molar-refractivity contribution in [3.63, 3.8) is 0 Å². The Labute approximate surface area is 171 Å². The molecule has 0 aliphatic carbocycles. The molecule has 1 aliphatic heterocycles. The molecule has 142 valence electrons. The lowest BCUT2D eigenvalue weighted by molar-refractivity contribution is -0.122. The van der Waals surface area contributed by atoms with E-state index in [1.54, 1.807) is 18.4 Å². The minimum Gasteiger partial charge on any atom is -0.358 e. The summed E-state index contributed by atoms with van der Waals surface area (Å²) >= 11 is 1.79. The average molecular weight is 479 g/mol. The number of hydrogen-bond acceptors (Lipinski definition) is 4. The van der Waals surface area contributed by atoms with Crippen molar-refractivity contribution in [2.45, 2.75) is 31.7 Å². The fourth-order valence-electron chi connectivity index (χ4n) is 2.83. The van der Waals surface area contributed by atoms with Crippen LogP contribution in [0.1, 0.15) is 30.6 Å². The van der Waals surface area contributed by atoms with Gasteiger partial charge < -0.3 is 16.0 Å². The minimum absolute atomic E-state index is 0. The van der Waals surface area contributed by atoms with Crippen LogP contribution in [0.2, 0.25) is 0 Å². The summed E-state index contributed by atoms with van der Waals surface area (Å²) in [7, 11) is 3.50. The zero-order valence-electron chi connectivity index (χ0n) is 15.2. The van der Waals surface area contributed by atoms with E-state index < -0.39 is 0 Å². The molecule has 1 amide bonds. The molecule has 2 rings (SSSR count). The van der Waals surface area contributed by atoms with Gasteiger partial charge in [-0.2, -0.15) is 0 Å². The Bertz CT molecular complexity index is 529. The van der Waals surface area contributed by atoms with Crippen LogP contribution in [0.4, 0.5) is 0 Å². The first-order chi connectivity index (χ1) is 11.6. The van der Waals surface area contributed by atoms with E-state index in [-0.39, 0.29) is 29.9 Å². The number of amides is 1. The molecule has 1 fully saturated rings. The molecule has 25 heavy (non-hydrogen) atoms. The predicted molar refractivity (Wildman–Crippen MR) is 116 cm³/mol. The van der Waals surface area contributed by atoms with Crippen molar-refractivity contribution in [3.8, 4) is 0 Å². The molecule has 1 aliphatic rings. The summed E-state index contributed by atoms with van der Waals surface area (Å²) in [5.74, 6) is 1.42. The summed E-state index contributed by atoms with van der Waals surface area (Å²) in [6.45, 7) is 5.47. The van der Waals surface area contributed by atoms with Crippen molar-refractivity contribution in [1.82, 2.24) is 20.9 Å². The second-order valence-corrected chi connectivity index (χ2v) is 7.22. The van der Waals surface area contributed by atoms with Crippen molar-refractivity contribution >= 4 is 47.2 Å². The van der Waals surface area contributed by atoms with Gasteiger partial charge in [0, 0.05) is 50.6 Å². The van der Waals surface area contributed by atoms with Gasteiger partial charge in [0.25, 0.3) is 0 Å². The Kier molecular flexibility index (Phi) is 10.4. The number of carbonyl (C=O) groups is 1. The maximum atomic E-state index is 11.4. The van der Waals surface area contributed by atoms with E-state index >= 15 is 0 Å². The highest BCUT2D eigenvalue weighted by Gasteiger charge is 2.21.